The van der Waals surface area contributed by atoms with Crippen LogP contribution in [-0.2, 0) is 0 Å². The normalized spacial score (nSPS) is 14.8. The van der Waals surface area contributed by atoms with Gasteiger partial charge in [-0.1, -0.05) is 30.3 Å². The molecule has 1 amide bonds. The summed E-state index contributed by atoms with van der Waals surface area (Å²) in [5.74, 6) is 1.19. The van der Waals surface area contributed by atoms with E-state index in [1.165, 1.54) is 0 Å². The highest BCUT2D eigenvalue weighted by Crippen LogP contribution is 2.30. The molecule has 0 unspecified atom stereocenters. The third kappa shape index (κ3) is 4.16. The summed E-state index contributed by atoms with van der Waals surface area (Å²) in [4.78, 5) is 15.3. The van der Waals surface area contributed by atoms with Gasteiger partial charge in [0.15, 0.2) is 0 Å². The molecular weight excluding hydrogens is 366 g/mol. The van der Waals surface area contributed by atoms with E-state index < -0.39 is 0 Å². The maximum Gasteiger partial charge on any atom is 0.258 e. The molecule has 0 atom stereocenters. The molecule has 6 nitrogen and oxygen atoms in total. The molecule has 4 rings (SSSR count). The van der Waals surface area contributed by atoms with Crippen molar-refractivity contribution in [2.75, 3.05) is 19.7 Å². The Morgan fingerprint density at radius 2 is 1.86 bits per heavy atom. The number of rotatable bonds is 5. The van der Waals surface area contributed by atoms with Gasteiger partial charge in [-0.15, -0.1) is 5.10 Å². The maximum absolute atomic E-state index is 13.4. The molecule has 3 aromatic rings. The lowest BCUT2D eigenvalue weighted by Gasteiger charge is -2.32. The Hall–Kier alpha value is -3.15. The highest BCUT2D eigenvalue weighted by molar-refractivity contribution is 6.09. The van der Waals surface area contributed by atoms with Gasteiger partial charge in [-0.05, 0) is 36.8 Å². The number of nitrogens with zero attached hydrogens (tertiary/aromatic N) is 3. The first-order chi connectivity index (χ1) is 14.2. The number of piperidine rings is 1. The highest BCUT2D eigenvalue weighted by atomic mass is 16.5. The minimum absolute atomic E-state index is 0.0128. The molecule has 0 saturated carbocycles. The second kappa shape index (κ2) is 8.47. The van der Waals surface area contributed by atoms with Gasteiger partial charge in [0.25, 0.3) is 5.91 Å². The molecule has 1 aromatic heterocycles. The smallest absolute Gasteiger partial charge is 0.258 e. The monoisotopic (exact) mass is 391 g/mol. The number of hydrogen-bond acceptors (Lipinski definition) is 5. The molecule has 0 bridgehead atoms. The summed E-state index contributed by atoms with van der Waals surface area (Å²) >= 11 is 0. The molecular formula is C23H25N3O3. The van der Waals surface area contributed by atoms with E-state index in [1.54, 1.807) is 0 Å². The van der Waals surface area contributed by atoms with Crippen LogP contribution in [0.25, 0.3) is 10.8 Å². The number of fused-ring (bicyclic) bond motifs is 1. The van der Waals surface area contributed by atoms with Crippen molar-refractivity contribution in [3.8, 4) is 11.6 Å². The number of benzene rings is 2. The van der Waals surface area contributed by atoms with Crippen molar-refractivity contribution >= 4 is 16.7 Å². The van der Waals surface area contributed by atoms with Gasteiger partial charge in [-0.25, -0.2) is 0 Å². The van der Waals surface area contributed by atoms with Crippen LogP contribution in [0.5, 0.6) is 11.6 Å². The molecule has 1 aliphatic heterocycles. The van der Waals surface area contributed by atoms with Gasteiger partial charge in [0, 0.05) is 32.0 Å². The predicted octanol–water partition coefficient (Wildman–Crippen LogP) is 4.02. The zero-order valence-corrected chi connectivity index (χ0v) is 16.8. The minimum atomic E-state index is 0.0128. The molecule has 6 heteroatoms. The van der Waals surface area contributed by atoms with Crippen LogP contribution in [-0.4, -0.2) is 46.8 Å². The van der Waals surface area contributed by atoms with Crippen LogP contribution >= 0.6 is 0 Å². The molecule has 0 N–H and O–H groups in total. The molecule has 0 spiro atoms. The van der Waals surface area contributed by atoms with E-state index in [4.69, 9.17) is 9.47 Å². The van der Waals surface area contributed by atoms with Crippen LogP contribution < -0.4 is 9.47 Å². The quantitative estimate of drug-likeness (QED) is 0.657. The Morgan fingerprint density at radius 1 is 1.07 bits per heavy atom. The van der Waals surface area contributed by atoms with Crippen molar-refractivity contribution < 1.29 is 14.3 Å². The summed E-state index contributed by atoms with van der Waals surface area (Å²) in [5, 5.41) is 10.1. The van der Waals surface area contributed by atoms with E-state index in [-0.39, 0.29) is 12.0 Å². The molecule has 0 radical (unpaired) electrons. The number of carbonyl (C=O) groups is 1. The SMILES string of the molecule is CCOc1ccc2ccccc2c1C(=O)N1CCC(Oc2ccc(C)nn2)CC1. The zero-order valence-electron chi connectivity index (χ0n) is 16.8. The van der Waals surface area contributed by atoms with E-state index in [2.05, 4.69) is 10.2 Å². The molecule has 1 aliphatic rings. The Morgan fingerprint density at radius 3 is 2.59 bits per heavy atom. The van der Waals surface area contributed by atoms with Crippen LogP contribution in [0.1, 0.15) is 35.8 Å². The van der Waals surface area contributed by atoms with E-state index in [1.807, 2.05) is 67.3 Å². The molecule has 1 fully saturated rings. The van der Waals surface area contributed by atoms with Gasteiger partial charge in [0.05, 0.1) is 17.9 Å². The van der Waals surface area contributed by atoms with Gasteiger partial charge in [-0.3, -0.25) is 4.79 Å². The predicted molar refractivity (Wildman–Crippen MR) is 111 cm³/mol. The number of carbonyl (C=O) groups excluding carboxylic acids is 1. The topological polar surface area (TPSA) is 64.5 Å². The average Bonchev–Trinajstić information content (AvgIpc) is 2.75. The third-order valence-electron chi connectivity index (χ3n) is 5.19. The van der Waals surface area contributed by atoms with Crippen molar-refractivity contribution in [1.82, 2.24) is 15.1 Å². The van der Waals surface area contributed by atoms with E-state index in [0.717, 1.165) is 29.3 Å². The number of amides is 1. The number of likely N-dealkylation sites (tertiary alicyclic amines) is 1. The number of aryl methyl sites for hydroxylation is 1. The first-order valence-corrected chi connectivity index (χ1v) is 10.1. The second-order valence-electron chi connectivity index (χ2n) is 7.22. The Labute approximate surface area is 170 Å². The number of aromatic nitrogens is 2. The standard InChI is InChI=1S/C23H25N3O3/c1-3-28-20-10-9-17-6-4-5-7-19(17)22(20)23(27)26-14-12-18(13-15-26)29-21-11-8-16(2)24-25-21/h4-11,18H,3,12-15H2,1-2H3. The van der Waals surface area contributed by atoms with Gasteiger partial charge >= 0.3 is 0 Å². The van der Waals surface area contributed by atoms with E-state index in [9.17, 15) is 4.79 Å². The summed E-state index contributed by atoms with van der Waals surface area (Å²) in [7, 11) is 0. The van der Waals surface area contributed by atoms with E-state index >= 15 is 0 Å². The summed E-state index contributed by atoms with van der Waals surface area (Å²) in [6, 6.07) is 15.6. The van der Waals surface area contributed by atoms with E-state index in [0.29, 0.717) is 36.9 Å². The van der Waals surface area contributed by atoms with Gasteiger partial charge < -0.3 is 14.4 Å². The second-order valence-corrected chi connectivity index (χ2v) is 7.22. The third-order valence-corrected chi connectivity index (χ3v) is 5.19. The fourth-order valence-corrected chi connectivity index (χ4v) is 3.70. The first-order valence-electron chi connectivity index (χ1n) is 10.1. The zero-order chi connectivity index (χ0) is 20.2. The summed E-state index contributed by atoms with van der Waals surface area (Å²) in [6.07, 6.45) is 1.56. The first kappa shape index (κ1) is 19.2. The average molecular weight is 391 g/mol. The fourth-order valence-electron chi connectivity index (χ4n) is 3.70. The minimum Gasteiger partial charge on any atom is -0.493 e. The number of hydrogen-bond donors (Lipinski definition) is 0. The van der Waals surface area contributed by atoms with Crippen LogP contribution in [0.15, 0.2) is 48.5 Å². The van der Waals surface area contributed by atoms with Gasteiger partial charge in [0.2, 0.25) is 5.88 Å². The largest absolute Gasteiger partial charge is 0.493 e. The number of ether oxygens (including phenoxy) is 2. The van der Waals surface area contributed by atoms with Crippen LogP contribution in [0.4, 0.5) is 0 Å². The fraction of sp³-hybridized carbons (Fsp3) is 0.348. The van der Waals surface area contributed by atoms with Gasteiger partial charge in [0.1, 0.15) is 11.9 Å². The molecule has 2 aromatic carbocycles. The molecule has 0 aliphatic carbocycles. The molecule has 1 saturated heterocycles. The van der Waals surface area contributed by atoms with Crippen molar-refractivity contribution in [1.29, 1.82) is 0 Å². The Kier molecular flexibility index (Phi) is 5.60. The molecule has 150 valence electrons. The van der Waals surface area contributed by atoms with Crippen molar-refractivity contribution in [3.63, 3.8) is 0 Å². The van der Waals surface area contributed by atoms with Crippen molar-refractivity contribution in [2.45, 2.75) is 32.8 Å². The Balaban J connectivity index is 1.49. The van der Waals surface area contributed by atoms with Crippen LogP contribution in [0.3, 0.4) is 0 Å². The molecule has 2 heterocycles. The molecule has 29 heavy (non-hydrogen) atoms. The van der Waals surface area contributed by atoms with Crippen LogP contribution in [0.2, 0.25) is 0 Å². The van der Waals surface area contributed by atoms with Crippen molar-refractivity contribution in [3.05, 3.63) is 59.8 Å². The summed E-state index contributed by atoms with van der Waals surface area (Å²) < 4.78 is 11.7. The van der Waals surface area contributed by atoms with Gasteiger partial charge in [-0.2, -0.15) is 5.10 Å². The summed E-state index contributed by atoms with van der Waals surface area (Å²) in [6.45, 7) is 5.62. The summed E-state index contributed by atoms with van der Waals surface area (Å²) in [5.41, 5.74) is 1.51. The lowest BCUT2D eigenvalue weighted by molar-refractivity contribution is 0.0584. The Bertz CT molecular complexity index is 996. The maximum atomic E-state index is 13.4. The van der Waals surface area contributed by atoms with Crippen LogP contribution in [0, 0.1) is 6.92 Å². The lowest BCUT2D eigenvalue weighted by atomic mass is 10.0. The highest BCUT2D eigenvalue weighted by Gasteiger charge is 2.28. The lowest BCUT2D eigenvalue weighted by Crippen LogP contribution is -2.42. The van der Waals surface area contributed by atoms with Crippen molar-refractivity contribution in [2.24, 2.45) is 0 Å².